The van der Waals surface area contributed by atoms with Crippen molar-refractivity contribution in [2.24, 2.45) is 0 Å². The Bertz CT molecular complexity index is 997. The molecule has 2 amide bonds. The molecular weight excluding hydrogens is 539 g/mol. The van der Waals surface area contributed by atoms with Gasteiger partial charge in [0.05, 0.1) is 0 Å². The molecule has 34 heavy (non-hydrogen) atoms. The van der Waals surface area contributed by atoms with E-state index in [2.05, 4.69) is 21.2 Å². The minimum Gasteiger partial charge on any atom is -0.484 e. The lowest BCUT2D eigenvalue weighted by molar-refractivity contribution is -0.142. The lowest BCUT2D eigenvalue weighted by Crippen LogP contribution is -2.51. The Morgan fingerprint density at radius 3 is 2.29 bits per heavy atom. The average Bonchev–Trinajstić information content (AvgIpc) is 2.81. The van der Waals surface area contributed by atoms with Crippen LogP contribution in [0.15, 0.2) is 34.8 Å². The summed E-state index contributed by atoms with van der Waals surface area (Å²) in [5.74, 6) is 0.0980. The van der Waals surface area contributed by atoms with Gasteiger partial charge in [0.1, 0.15) is 11.8 Å². The van der Waals surface area contributed by atoms with Gasteiger partial charge < -0.3 is 15.0 Å². The molecule has 0 aromatic heterocycles. The number of ether oxygens (including phenoxy) is 1. The van der Waals surface area contributed by atoms with Gasteiger partial charge in [-0.2, -0.15) is 0 Å². The summed E-state index contributed by atoms with van der Waals surface area (Å²) >= 11 is 16.3. The van der Waals surface area contributed by atoms with E-state index in [-0.39, 0.29) is 31.0 Å². The van der Waals surface area contributed by atoms with Crippen molar-refractivity contribution in [1.29, 1.82) is 0 Å². The number of halogens is 3. The minimum atomic E-state index is -0.709. The van der Waals surface area contributed by atoms with Crippen LogP contribution in [0.2, 0.25) is 10.0 Å². The third-order valence-corrected chi connectivity index (χ3v) is 8.24. The number of carbonyl (C=O) groups excluding carboxylic acids is 2. The highest BCUT2D eigenvalue weighted by atomic mass is 79.9. The molecule has 0 aliphatic heterocycles. The molecular formula is C26H31BrCl2N2O3. The third-order valence-electron chi connectivity index (χ3n) is 6.28. The van der Waals surface area contributed by atoms with Crippen LogP contribution in [0.3, 0.4) is 0 Å². The molecule has 0 saturated heterocycles. The van der Waals surface area contributed by atoms with Crippen LogP contribution in [0.4, 0.5) is 0 Å². The summed E-state index contributed by atoms with van der Waals surface area (Å²) in [5.41, 5.74) is 2.64. The molecule has 1 N–H and O–H groups in total. The second kappa shape index (κ2) is 12.3. The predicted molar refractivity (Wildman–Crippen MR) is 141 cm³/mol. The molecule has 0 heterocycles. The van der Waals surface area contributed by atoms with Crippen molar-refractivity contribution in [3.63, 3.8) is 0 Å². The van der Waals surface area contributed by atoms with Gasteiger partial charge in [-0.3, -0.25) is 9.59 Å². The maximum Gasteiger partial charge on any atom is 0.261 e. The molecule has 0 bridgehead atoms. The van der Waals surface area contributed by atoms with E-state index in [9.17, 15) is 9.59 Å². The SMILES string of the molecule is Cc1cc(OCC(=O)N(Cc2c(Cl)cccc2Cl)[C@H](C)C(=O)NC2CCCCC2)cc(C)c1Br. The van der Waals surface area contributed by atoms with Crippen LogP contribution in [0.25, 0.3) is 0 Å². The molecule has 1 aliphatic carbocycles. The van der Waals surface area contributed by atoms with E-state index in [1.165, 1.54) is 11.3 Å². The quantitative estimate of drug-likeness (QED) is 0.389. The Kier molecular flexibility index (Phi) is 9.69. The van der Waals surface area contributed by atoms with Gasteiger partial charge >= 0.3 is 0 Å². The summed E-state index contributed by atoms with van der Waals surface area (Å²) in [6.45, 7) is 5.57. The van der Waals surface area contributed by atoms with Gasteiger partial charge in [-0.15, -0.1) is 0 Å². The van der Waals surface area contributed by atoms with Crippen molar-refractivity contribution in [1.82, 2.24) is 10.2 Å². The minimum absolute atomic E-state index is 0.109. The molecule has 1 fully saturated rings. The zero-order valence-corrected chi connectivity index (χ0v) is 22.9. The summed E-state index contributed by atoms with van der Waals surface area (Å²) in [6, 6.07) is 8.39. The number of aryl methyl sites for hydroxylation is 2. The molecule has 0 unspecified atom stereocenters. The number of hydrogen-bond acceptors (Lipinski definition) is 3. The monoisotopic (exact) mass is 568 g/mol. The van der Waals surface area contributed by atoms with Crippen molar-refractivity contribution in [2.45, 2.75) is 71.5 Å². The molecule has 1 atom stereocenters. The number of nitrogens with one attached hydrogen (secondary N) is 1. The standard InChI is InChI=1S/C26H31BrCl2N2O3/c1-16-12-20(13-17(2)25(16)27)34-15-24(32)31(14-21-22(28)10-7-11-23(21)29)18(3)26(33)30-19-8-5-4-6-9-19/h7,10-13,18-19H,4-6,8-9,14-15H2,1-3H3,(H,30,33)/t18-/m1/s1. The van der Waals surface area contributed by atoms with Gasteiger partial charge in [0.25, 0.3) is 5.91 Å². The number of nitrogens with zero attached hydrogens (tertiary/aromatic N) is 1. The first-order valence-electron chi connectivity index (χ1n) is 11.6. The van der Waals surface area contributed by atoms with Gasteiger partial charge in [0, 0.05) is 32.7 Å². The number of amides is 2. The van der Waals surface area contributed by atoms with E-state index in [1.807, 2.05) is 26.0 Å². The Balaban J connectivity index is 1.78. The normalized spacial score (nSPS) is 15.0. The van der Waals surface area contributed by atoms with Crippen LogP contribution in [0.1, 0.15) is 55.7 Å². The highest BCUT2D eigenvalue weighted by Crippen LogP contribution is 2.28. The molecule has 184 valence electrons. The summed E-state index contributed by atoms with van der Waals surface area (Å²) in [7, 11) is 0. The van der Waals surface area contributed by atoms with Crippen LogP contribution < -0.4 is 10.1 Å². The number of benzene rings is 2. The lowest BCUT2D eigenvalue weighted by Gasteiger charge is -2.31. The zero-order chi connectivity index (χ0) is 24.8. The fraction of sp³-hybridized carbons (Fsp3) is 0.462. The summed E-state index contributed by atoms with van der Waals surface area (Å²) in [4.78, 5) is 27.9. The Morgan fingerprint density at radius 1 is 1.12 bits per heavy atom. The molecule has 5 nitrogen and oxygen atoms in total. The van der Waals surface area contributed by atoms with Gasteiger partial charge in [-0.25, -0.2) is 0 Å². The molecule has 2 aromatic rings. The van der Waals surface area contributed by atoms with Crippen molar-refractivity contribution in [3.05, 3.63) is 61.5 Å². The maximum absolute atomic E-state index is 13.3. The number of hydrogen-bond donors (Lipinski definition) is 1. The van der Waals surface area contributed by atoms with Crippen LogP contribution in [-0.2, 0) is 16.1 Å². The molecule has 0 spiro atoms. The first-order valence-corrected chi connectivity index (χ1v) is 13.1. The fourth-order valence-electron chi connectivity index (χ4n) is 4.22. The van der Waals surface area contributed by atoms with Crippen molar-refractivity contribution in [3.8, 4) is 5.75 Å². The molecule has 0 radical (unpaired) electrons. The number of rotatable bonds is 8. The average molecular weight is 570 g/mol. The fourth-order valence-corrected chi connectivity index (χ4v) is 4.97. The smallest absolute Gasteiger partial charge is 0.261 e. The molecule has 3 rings (SSSR count). The largest absolute Gasteiger partial charge is 0.484 e. The van der Waals surface area contributed by atoms with E-state index < -0.39 is 6.04 Å². The summed E-state index contributed by atoms with van der Waals surface area (Å²) < 4.78 is 6.84. The Morgan fingerprint density at radius 2 is 1.71 bits per heavy atom. The molecule has 1 saturated carbocycles. The maximum atomic E-state index is 13.3. The summed E-state index contributed by atoms with van der Waals surface area (Å²) in [5, 5.41) is 4.02. The van der Waals surface area contributed by atoms with Crippen LogP contribution in [-0.4, -0.2) is 35.4 Å². The topological polar surface area (TPSA) is 58.6 Å². The molecule has 8 heteroatoms. The second-order valence-electron chi connectivity index (χ2n) is 8.90. The van der Waals surface area contributed by atoms with E-state index in [4.69, 9.17) is 27.9 Å². The Hall–Kier alpha value is -1.76. The van der Waals surface area contributed by atoms with Crippen LogP contribution >= 0.6 is 39.1 Å². The van der Waals surface area contributed by atoms with Gasteiger partial charge in [0.15, 0.2) is 6.61 Å². The predicted octanol–water partition coefficient (Wildman–Crippen LogP) is 6.62. The third kappa shape index (κ3) is 6.89. The van der Waals surface area contributed by atoms with Crippen molar-refractivity contribution < 1.29 is 14.3 Å². The Labute approximate surface area is 220 Å². The van der Waals surface area contributed by atoms with Gasteiger partial charge in [-0.1, -0.05) is 64.5 Å². The second-order valence-corrected chi connectivity index (χ2v) is 10.5. The van der Waals surface area contributed by atoms with Crippen LogP contribution in [0.5, 0.6) is 5.75 Å². The highest BCUT2D eigenvalue weighted by molar-refractivity contribution is 9.10. The summed E-state index contributed by atoms with van der Waals surface area (Å²) in [6.07, 6.45) is 5.35. The molecule has 2 aromatic carbocycles. The van der Waals surface area contributed by atoms with Gasteiger partial charge in [0.2, 0.25) is 5.91 Å². The van der Waals surface area contributed by atoms with Gasteiger partial charge in [-0.05, 0) is 69.0 Å². The molecule has 1 aliphatic rings. The number of carbonyl (C=O) groups is 2. The van der Waals surface area contributed by atoms with E-state index >= 15 is 0 Å². The van der Waals surface area contributed by atoms with Crippen LogP contribution in [0, 0.1) is 13.8 Å². The van der Waals surface area contributed by atoms with E-state index in [0.717, 1.165) is 41.3 Å². The lowest BCUT2D eigenvalue weighted by atomic mass is 9.95. The van der Waals surface area contributed by atoms with Crippen molar-refractivity contribution in [2.75, 3.05) is 6.61 Å². The van der Waals surface area contributed by atoms with E-state index in [1.54, 1.807) is 25.1 Å². The highest BCUT2D eigenvalue weighted by Gasteiger charge is 2.29. The zero-order valence-electron chi connectivity index (χ0n) is 19.8. The first-order chi connectivity index (χ1) is 16.2. The first kappa shape index (κ1) is 26.8. The van der Waals surface area contributed by atoms with E-state index in [0.29, 0.717) is 21.4 Å². The van der Waals surface area contributed by atoms with Crippen molar-refractivity contribution >= 4 is 50.9 Å².